The van der Waals surface area contributed by atoms with E-state index in [4.69, 9.17) is 14.2 Å². The van der Waals surface area contributed by atoms with Crippen molar-refractivity contribution >= 4 is 5.78 Å². The highest BCUT2D eigenvalue weighted by Gasteiger charge is 2.24. The van der Waals surface area contributed by atoms with E-state index in [0.29, 0.717) is 19.0 Å². The minimum absolute atomic E-state index is 0.152. The van der Waals surface area contributed by atoms with Crippen molar-refractivity contribution in [1.82, 2.24) is 0 Å². The molecule has 0 atom stereocenters. The molecule has 0 saturated heterocycles. The van der Waals surface area contributed by atoms with Gasteiger partial charge in [-0.2, -0.15) is 0 Å². The zero-order chi connectivity index (χ0) is 12.4. The Morgan fingerprint density at radius 3 is 2.71 bits per heavy atom. The Kier molecular flexibility index (Phi) is 3.12. The lowest BCUT2D eigenvalue weighted by Crippen LogP contribution is -2.17. The number of halogens is 2. The van der Waals surface area contributed by atoms with Crippen LogP contribution in [0, 0.1) is 0 Å². The van der Waals surface area contributed by atoms with E-state index in [2.05, 4.69) is 0 Å². The van der Waals surface area contributed by atoms with Gasteiger partial charge in [-0.3, -0.25) is 4.79 Å². The third kappa shape index (κ3) is 2.15. The lowest BCUT2D eigenvalue weighted by Gasteiger charge is -2.21. The highest BCUT2D eigenvalue weighted by Crippen LogP contribution is 2.40. The van der Waals surface area contributed by atoms with Crippen LogP contribution >= 0.6 is 0 Å². The standard InChI is InChI=1S/C11H10F2O4/c1-15-7-4-6(9(14)11(12)13)5-8-10(7)17-3-2-16-8/h4-5,11H,2-3H2,1H3. The fourth-order valence-electron chi connectivity index (χ4n) is 1.54. The smallest absolute Gasteiger partial charge is 0.300 e. The van der Waals surface area contributed by atoms with Crippen LogP contribution in [-0.2, 0) is 0 Å². The lowest BCUT2D eigenvalue weighted by atomic mass is 10.1. The van der Waals surface area contributed by atoms with Crippen LogP contribution in [0.4, 0.5) is 8.78 Å². The van der Waals surface area contributed by atoms with Gasteiger partial charge in [-0.25, -0.2) is 8.78 Å². The molecule has 0 aromatic heterocycles. The second-order valence-electron chi connectivity index (χ2n) is 3.37. The SMILES string of the molecule is COc1cc(C(=O)C(F)F)cc2c1OCCO2. The second-order valence-corrected chi connectivity index (χ2v) is 3.37. The van der Waals surface area contributed by atoms with Crippen LogP contribution in [0.15, 0.2) is 12.1 Å². The largest absolute Gasteiger partial charge is 0.493 e. The summed E-state index contributed by atoms with van der Waals surface area (Å²) in [6.07, 6.45) is -3.05. The van der Waals surface area contributed by atoms with Gasteiger partial charge in [0, 0.05) is 5.56 Å². The molecule has 0 unspecified atom stereocenters. The quantitative estimate of drug-likeness (QED) is 0.762. The molecular formula is C11H10F2O4. The number of benzene rings is 1. The predicted molar refractivity (Wildman–Crippen MR) is 54.3 cm³/mol. The molecule has 0 spiro atoms. The number of fused-ring (bicyclic) bond motifs is 1. The fourth-order valence-corrected chi connectivity index (χ4v) is 1.54. The van der Waals surface area contributed by atoms with E-state index in [0.717, 1.165) is 0 Å². The zero-order valence-corrected chi connectivity index (χ0v) is 9.04. The number of ether oxygens (including phenoxy) is 3. The van der Waals surface area contributed by atoms with E-state index >= 15 is 0 Å². The molecule has 17 heavy (non-hydrogen) atoms. The van der Waals surface area contributed by atoms with E-state index in [9.17, 15) is 13.6 Å². The average Bonchev–Trinajstić information content (AvgIpc) is 2.36. The van der Waals surface area contributed by atoms with Gasteiger partial charge in [0.25, 0.3) is 0 Å². The number of carbonyl (C=O) groups is 1. The number of hydrogen-bond donors (Lipinski definition) is 0. The highest BCUT2D eigenvalue weighted by molar-refractivity contribution is 5.99. The second kappa shape index (κ2) is 4.57. The van der Waals surface area contributed by atoms with Crippen LogP contribution in [0.5, 0.6) is 17.2 Å². The highest BCUT2D eigenvalue weighted by atomic mass is 19.3. The van der Waals surface area contributed by atoms with Gasteiger partial charge >= 0.3 is 6.43 Å². The summed E-state index contributed by atoms with van der Waals surface area (Å²) in [5.41, 5.74) is -0.152. The summed E-state index contributed by atoms with van der Waals surface area (Å²) in [7, 11) is 1.37. The summed E-state index contributed by atoms with van der Waals surface area (Å²) >= 11 is 0. The Morgan fingerprint density at radius 2 is 2.06 bits per heavy atom. The van der Waals surface area contributed by atoms with Crippen LogP contribution in [0.2, 0.25) is 0 Å². The molecule has 0 N–H and O–H groups in total. The van der Waals surface area contributed by atoms with E-state index in [1.165, 1.54) is 19.2 Å². The summed E-state index contributed by atoms with van der Waals surface area (Å²) in [5, 5.41) is 0. The molecule has 0 bridgehead atoms. The zero-order valence-electron chi connectivity index (χ0n) is 9.04. The normalized spacial score (nSPS) is 13.6. The predicted octanol–water partition coefficient (Wildman–Crippen LogP) is 1.91. The molecule has 0 fully saturated rings. The average molecular weight is 244 g/mol. The van der Waals surface area contributed by atoms with Crippen molar-refractivity contribution in [3.8, 4) is 17.2 Å². The fraction of sp³-hybridized carbons (Fsp3) is 0.364. The third-order valence-electron chi connectivity index (χ3n) is 2.31. The molecule has 0 aliphatic carbocycles. The van der Waals surface area contributed by atoms with Gasteiger partial charge in [0.1, 0.15) is 13.2 Å². The number of alkyl halides is 2. The van der Waals surface area contributed by atoms with E-state index in [-0.39, 0.29) is 17.1 Å². The Bertz CT molecular complexity index is 428. The van der Waals surface area contributed by atoms with Crippen LogP contribution in [-0.4, -0.2) is 32.5 Å². The topological polar surface area (TPSA) is 44.8 Å². The number of carbonyl (C=O) groups excluding carboxylic acids is 1. The van der Waals surface area contributed by atoms with Gasteiger partial charge in [0.15, 0.2) is 11.5 Å². The number of Topliss-reactive ketones (excluding diaryl/α,β-unsaturated/α-hetero) is 1. The van der Waals surface area contributed by atoms with Crippen molar-refractivity contribution in [2.45, 2.75) is 6.43 Å². The maximum atomic E-state index is 12.3. The first-order chi connectivity index (χ1) is 8.13. The summed E-state index contributed by atoms with van der Waals surface area (Å²) < 4.78 is 40.1. The maximum Gasteiger partial charge on any atom is 0.300 e. The molecule has 1 aromatic carbocycles. The van der Waals surface area contributed by atoms with E-state index in [1.807, 2.05) is 0 Å². The molecule has 0 saturated carbocycles. The van der Waals surface area contributed by atoms with Crippen LogP contribution in [0.25, 0.3) is 0 Å². The molecule has 2 rings (SSSR count). The minimum Gasteiger partial charge on any atom is -0.493 e. The maximum absolute atomic E-state index is 12.3. The van der Waals surface area contributed by atoms with Gasteiger partial charge in [-0.05, 0) is 12.1 Å². The van der Waals surface area contributed by atoms with Crippen molar-refractivity contribution in [3.63, 3.8) is 0 Å². The molecule has 1 aromatic rings. The molecule has 1 aliphatic heterocycles. The molecule has 4 nitrogen and oxygen atoms in total. The Balaban J connectivity index is 2.46. The molecule has 1 heterocycles. The first-order valence-corrected chi connectivity index (χ1v) is 4.93. The molecule has 92 valence electrons. The summed E-state index contributed by atoms with van der Waals surface area (Å²) in [6.45, 7) is 0.661. The number of rotatable bonds is 3. The van der Waals surface area contributed by atoms with Crippen LogP contribution in [0.3, 0.4) is 0 Å². The van der Waals surface area contributed by atoms with Gasteiger partial charge in [0.2, 0.25) is 11.5 Å². The number of methoxy groups -OCH3 is 1. The van der Waals surface area contributed by atoms with Gasteiger partial charge in [-0.1, -0.05) is 0 Å². The Morgan fingerprint density at radius 1 is 1.35 bits per heavy atom. The van der Waals surface area contributed by atoms with Gasteiger partial charge in [-0.15, -0.1) is 0 Å². The van der Waals surface area contributed by atoms with Crippen molar-refractivity contribution < 1.29 is 27.8 Å². The van der Waals surface area contributed by atoms with Gasteiger partial charge in [0.05, 0.1) is 7.11 Å². The summed E-state index contributed by atoms with van der Waals surface area (Å²) in [4.78, 5) is 11.2. The van der Waals surface area contributed by atoms with Crippen LogP contribution < -0.4 is 14.2 Å². The van der Waals surface area contributed by atoms with E-state index in [1.54, 1.807) is 0 Å². The Hall–Kier alpha value is -1.85. The first-order valence-electron chi connectivity index (χ1n) is 4.93. The van der Waals surface area contributed by atoms with Crippen molar-refractivity contribution in [3.05, 3.63) is 17.7 Å². The lowest BCUT2D eigenvalue weighted by molar-refractivity contribution is 0.0677. The minimum atomic E-state index is -3.05. The van der Waals surface area contributed by atoms with Crippen molar-refractivity contribution in [2.24, 2.45) is 0 Å². The molecule has 0 amide bonds. The number of ketones is 1. The monoisotopic (exact) mass is 244 g/mol. The van der Waals surface area contributed by atoms with E-state index < -0.39 is 12.2 Å². The molecule has 0 radical (unpaired) electrons. The van der Waals surface area contributed by atoms with Gasteiger partial charge < -0.3 is 14.2 Å². The first kappa shape index (κ1) is 11.6. The molecule has 1 aliphatic rings. The summed E-state index contributed by atoms with van der Waals surface area (Å²) in [5.74, 6) is -0.462. The van der Waals surface area contributed by atoms with Crippen molar-refractivity contribution in [1.29, 1.82) is 0 Å². The molecular weight excluding hydrogens is 234 g/mol. The summed E-state index contributed by atoms with van der Waals surface area (Å²) in [6, 6.07) is 2.47. The Labute approximate surface area is 96.1 Å². The number of hydrogen-bond acceptors (Lipinski definition) is 4. The van der Waals surface area contributed by atoms with Crippen LogP contribution in [0.1, 0.15) is 10.4 Å². The molecule has 6 heteroatoms. The van der Waals surface area contributed by atoms with Crippen molar-refractivity contribution in [2.75, 3.05) is 20.3 Å². The third-order valence-corrected chi connectivity index (χ3v) is 2.31.